The van der Waals surface area contributed by atoms with Crippen LogP contribution in [0.4, 0.5) is 14.5 Å². The van der Waals surface area contributed by atoms with Crippen LogP contribution in [0.25, 0.3) is 0 Å². The number of carboxylic acids is 1. The van der Waals surface area contributed by atoms with Gasteiger partial charge in [0.25, 0.3) is 0 Å². The second-order valence-corrected chi connectivity index (χ2v) is 4.61. The fraction of sp³-hybridized carbons (Fsp3) is 0.188. The van der Waals surface area contributed by atoms with E-state index in [4.69, 9.17) is 5.11 Å². The van der Waals surface area contributed by atoms with E-state index in [2.05, 4.69) is 5.32 Å². The molecule has 0 aromatic heterocycles. The Morgan fingerprint density at radius 3 is 2.38 bits per heavy atom. The number of hydrogen-bond donors (Lipinski definition) is 2. The minimum absolute atomic E-state index is 0.0480. The normalized spacial score (nSPS) is 12.0. The maximum atomic E-state index is 13.9. The van der Waals surface area contributed by atoms with Crippen LogP contribution in [0.2, 0.25) is 0 Å². The second-order valence-electron chi connectivity index (χ2n) is 4.61. The first-order valence-corrected chi connectivity index (χ1v) is 6.57. The van der Waals surface area contributed by atoms with Crippen molar-refractivity contribution in [1.82, 2.24) is 0 Å². The minimum atomic E-state index is -1.49. The summed E-state index contributed by atoms with van der Waals surface area (Å²) < 4.78 is 27.6. The average Bonchev–Trinajstić information content (AvgIpc) is 2.49. The summed E-state index contributed by atoms with van der Waals surface area (Å²) >= 11 is 0. The molecule has 0 bridgehead atoms. The van der Waals surface area contributed by atoms with E-state index < -0.39 is 23.2 Å². The molecular weight excluding hydrogens is 276 g/mol. The number of hydrogen-bond acceptors (Lipinski definition) is 2. The molecular formula is C16H15F2NO2. The van der Waals surface area contributed by atoms with Crippen molar-refractivity contribution in [2.75, 3.05) is 5.32 Å². The van der Waals surface area contributed by atoms with E-state index in [9.17, 15) is 13.6 Å². The van der Waals surface area contributed by atoms with Crippen molar-refractivity contribution in [2.24, 2.45) is 0 Å². The number of carbonyl (C=O) groups is 1. The van der Waals surface area contributed by atoms with Crippen molar-refractivity contribution in [3.8, 4) is 0 Å². The molecule has 1 unspecified atom stereocenters. The molecule has 0 amide bonds. The third-order valence-corrected chi connectivity index (χ3v) is 3.25. The van der Waals surface area contributed by atoms with E-state index in [-0.39, 0.29) is 11.7 Å². The van der Waals surface area contributed by atoms with Gasteiger partial charge in [0.1, 0.15) is 0 Å². The largest absolute Gasteiger partial charge is 0.478 e. The highest BCUT2D eigenvalue weighted by Gasteiger charge is 2.19. The van der Waals surface area contributed by atoms with Crippen LogP contribution in [0, 0.1) is 11.6 Å². The fourth-order valence-corrected chi connectivity index (χ4v) is 2.12. The molecule has 0 saturated carbocycles. The fourth-order valence-electron chi connectivity index (χ4n) is 2.12. The lowest BCUT2D eigenvalue weighted by Crippen LogP contribution is -2.12. The summed E-state index contributed by atoms with van der Waals surface area (Å²) in [6.07, 6.45) is 0.672. The molecule has 110 valence electrons. The molecule has 2 aromatic carbocycles. The highest BCUT2D eigenvalue weighted by molar-refractivity contribution is 5.88. The third-order valence-electron chi connectivity index (χ3n) is 3.25. The molecule has 0 spiro atoms. The summed E-state index contributed by atoms with van der Waals surface area (Å²) in [6.45, 7) is 1.92. The molecule has 0 heterocycles. The van der Waals surface area contributed by atoms with Gasteiger partial charge in [-0.1, -0.05) is 37.3 Å². The first-order chi connectivity index (χ1) is 10.0. The summed E-state index contributed by atoms with van der Waals surface area (Å²) in [6, 6.07) is 11.5. The van der Waals surface area contributed by atoms with Crippen LogP contribution in [0.3, 0.4) is 0 Å². The van der Waals surface area contributed by atoms with Crippen molar-refractivity contribution in [3.05, 3.63) is 65.2 Å². The quantitative estimate of drug-likeness (QED) is 0.867. The van der Waals surface area contributed by atoms with Crippen LogP contribution in [-0.2, 0) is 0 Å². The Morgan fingerprint density at radius 2 is 1.81 bits per heavy atom. The van der Waals surface area contributed by atoms with Crippen LogP contribution in [0.15, 0.2) is 42.5 Å². The van der Waals surface area contributed by atoms with Crippen molar-refractivity contribution in [2.45, 2.75) is 19.4 Å². The molecule has 0 fully saturated rings. The molecule has 0 aliphatic rings. The van der Waals surface area contributed by atoms with E-state index in [1.807, 2.05) is 37.3 Å². The summed E-state index contributed by atoms with van der Waals surface area (Å²) in [4.78, 5) is 10.8. The maximum absolute atomic E-state index is 13.9. The van der Waals surface area contributed by atoms with E-state index in [1.54, 1.807) is 0 Å². The first-order valence-electron chi connectivity index (χ1n) is 6.57. The van der Waals surface area contributed by atoms with Crippen molar-refractivity contribution in [3.63, 3.8) is 0 Å². The van der Waals surface area contributed by atoms with Gasteiger partial charge in [-0.05, 0) is 24.1 Å². The van der Waals surface area contributed by atoms with E-state index >= 15 is 0 Å². The zero-order valence-electron chi connectivity index (χ0n) is 11.4. The van der Waals surface area contributed by atoms with Crippen LogP contribution in [0.5, 0.6) is 0 Å². The maximum Gasteiger partial charge on any atom is 0.338 e. The number of carboxylic acid groups (broad SMARTS) is 1. The molecule has 0 aliphatic heterocycles. The smallest absolute Gasteiger partial charge is 0.338 e. The predicted molar refractivity (Wildman–Crippen MR) is 76.4 cm³/mol. The zero-order chi connectivity index (χ0) is 15.4. The van der Waals surface area contributed by atoms with Gasteiger partial charge in [0.2, 0.25) is 0 Å². The lowest BCUT2D eigenvalue weighted by Gasteiger charge is -2.19. The molecule has 21 heavy (non-hydrogen) atoms. The SMILES string of the molecule is CCC(Nc1ccc(C(=O)O)c(F)c1F)c1ccccc1. The molecule has 2 N–H and O–H groups in total. The second kappa shape index (κ2) is 6.35. The number of nitrogens with one attached hydrogen (secondary N) is 1. The van der Waals surface area contributed by atoms with Crippen molar-refractivity contribution >= 4 is 11.7 Å². The molecule has 0 saturated heterocycles. The number of halogens is 2. The van der Waals surface area contributed by atoms with Crippen LogP contribution in [0.1, 0.15) is 35.3 Å². The summed E-state index contributed by atoms with van der Waals surface area (Å²) in [5.74, 6) is -4.02. The number of anilines is 1. The monoisotopic (exact) mass is 291 g/mol. The highest BCUT2D eigenvalue weighted by atomic mass is 19.2. The molecule has 1 atom stereocenters. The first kappa shape index (κ1) is 15.0. The van der Waals surface area contributed by atoms with E-state index in [0.29, 0.717) is 6.42 Å². The Morgan fingerprint density at radius 1 is 1.14 bits per heavy atom. The summed E-state index contributed by atoms with van der Waals surface area (Å²) in [7, 11) is 0. The Kier molecular flexibility index (Phi) is 4.52. The third kappa shape index (κ3) is 3.18. The van der Waals surface area contributed by atoms with Crippen LogP contribution in [-0.4, -0.2) is 11.1 Å². The summed E-state index contributed by atoms with van der Waals surface area (Å²) in [5.41, 5.74) is 0.223. The van der Waals surface area contributed by atoms with Gasteiger partial charge >= 0.3 is 5.97 Å². The van der Waals surface area contributed by atoms with Gasteiger partial charge in [-0.3, -0.25) is 0 Å². The van der Waals surface area contributed by atoms with Crippen LogP contribution >= 0.6 is 0 Å². The molecule has 0 aliphatic carbocycles. The number of benzene rings is 2. The zero-order valence-corrected chi connectivity index (χ0v) is 11.4. The van der Waals surface area contributed by atoms with Gasteiger partial charge in [-0.2, -0.15) is 0 Å². The number of aromatic carboxylic acids is 1. The van der Waals surface area contributed by atoms with E-state index in [0.717, 1.165) is 11.6 Å². The molecule has 2 rings (SSSR count). The van der Waals surface area contributed by atoms with Gasteiger partial charge in [-0.25, -0.2) is 13.6 Å². The van der Waals surface area contributed by atoms with E-state index in [1.165, 1.54) is 6.07 Å². The predicted octanol–water partition coefficient (Wildman–Crippen LogP) is 4.23. The highest BCUT2D eigenvalue weighted by Crippen LogP contribution is 2.26. The topological polar surface area (TPSA) is 49.3 Å². The van der Waals surface area contributed by atoms with Gasteiger partial charge < -0.3 is 10.4 Å². The number of rotatable bonds is 5. The molecule has 3 nitrogen and oxygen atoms in total. The lowest BCUT2D eigenvalue weighted by molar-refractivity contribution is 0.0690. The van der Waals surface area contributed by atoms with Gasteiger partial charge in [-0.15, -0.1) is 0 Å². The Balaban J connectivity index is 2.31. The van der Waals surface area contributed by atoms with Gasteiger partial charge in [0.05, 0.1) is 17.3 Å². The summed E-state index contributed by atoms with van der Waals surface area (Å²) in [5, 5.41) is 11.7. The lowest BCUT2D eigenvalue weighted by atomic mass is 10.0. The minimum Gasteiger partial charge on any atom is -0.478 e. The van der Waals surface area contributed by atoms with Crippen LogP contribution < -0.4 is 5.32 Å². The van der Waals surface area contributed by atoms with Crippen molar-refractivity contribution < 1.29 is 18.7 Å². The van der Waals surface area contributed by atoms with Gasteiger partial charge in [0, 0.05) is 0 Å². The van der Waals surface area contributed by atoms with Crippen molar-refractivity contribution in [1.29, 1.82) is 0 Å². The molecule has 0 radical (unpaired) electrons. The molecule has 5 heteroatoms. The molecule has 2 aromatic rings. The Bertz CT molecular complexity index is 644. The van der Waals surface area contributed by atoms with Gasteiger partial charge in [0.15, 0.2) is 11.6 Å². The average molecular weight is 291 g/mol. The Labute approximate surface area is 121 Å². The standard InChI is InChI=1S/C16H15F2NO2/c1-2-12(10-6-4-3-5-7-10)19-13-9-8-11(16(20)21)14(17)15(13)18/h3-9,12,19H,2H2,1H3,(H,20,21). The Hall–Kier alpha value is -2.43.